The van der Waals surface area contributed by atoms with E-state index < -0.39 is 5.97 Å². The molecule has 4 nitrogen and oxygen atoms in total. The zero-order valence-corrected chi connectivity index (χ0v) is 17.7. The molecule has 1 aliphatic heterocycles. The smallest absolute Gasteiger partial charge is 0.336 e. The molecule has 1 heterocycles. The Balaban J connectivity index is 0.00000300. The van der Waals surface area contributed by atoms with Crippen LogP contribution in [-0.2, 0) is 9.53 Å². The molecule has 2 aromatic rings. The molecular weight excluding hydrogens is 386 g/mol. The number of hydrogen-bond donors (Lipinski definition) is 2. The highest BCUT2D eigenvalue weighted by Gasteiger charge is 2.20. The molecule has 1 atom stereocenters. The molecule has 0 saturated heterocycles. The molecule has 1 unspecified atom stereocenters. The van der Waals surface area contributed by atoms with E-state index in [-0.39, 0.29) is 12.4 Å². The fourth-order valence-corrected chi connectivity index (χ4v) is 3.62. The summed E-state index contributed by atoms with van der Waals surface area (Å²) in [6, 6.07) is 16.6. The summed E-state index contributed by atoms with van der Waals surface area (Å²) < 4.78 is 5.96. The Morgan fingerprint density at radius 3 is 2.21 bits per heavy atom. The summed E-state index contributed by atoms with van der Waals surface area (Å²) in [6.07, 6.45) is 4.51. The van der Waals surface area contributed by atoms with Crippen molar-refractivity contribution >= 4 is 11.5 Å². The summed E-state index contributed by atoms with van der Waals surface area (Å²) in [5, 5.41) is 9.18. The average molecular weight is 414 g/mol. The van der Waals surface area contributed by atoms with Gasteiger partial charge in [-0.1, -0.05) is 54.6 Å². The Kier molecular flexibility index (Phi) is 8.50. The molecule has 0 aliphatic carbocycles. The fraction of sp³-hybridized carbons (Fsp3) is 0.292. The number of ether oxygens (including phenoxy) is 1. The monoisotopic (exact) mass is 413 g/mol. The highest BCUT2D eigenvalue weighted by Crippen LogP contribution is 2.28. The lowest BCUT2D eigenvalue weighted by Crippen LogP contribution is -3.13. The van der Waals surface area contributed by atoms with Gasteiger partial charge in [-0.05, 0) is 36.1 Å². The number of carboxylic acids is 1. The summed E-state index contributed by atoms with van der Waals surface area (Å²) >= 11 is 0. The fourth-order valence-electron chi connectivity index (χ4n) is 3.62. The maximum absolute atomic E-state index is 11.2. The lowest BCUT2D eigenvalue weighted by atomic mass is 9.93. The lowest BCUT2D eigenvalue weighted by molar-refractivity contribution is -0.896. The van der Waals surface area contributed by atoms with Crippen molar-refractivity contribution in [3.05, 3.63) is 88.7 Å². The van der Waals surface area contributed by atoms with Crippen molar-refractivity contribution in [2.24, 2.45) is 0 Å². The number of carbonyl (C=O) groups is 1. The number of rotatable bonds is 7. The third kappa shape index (κ3) is 5.96. The minimum Gasteiger partial charge on any atom is -1.00 e. The quantitative estimate of drug-likeness (QED) is 0.497. The molecule has 0 amide bonds. The van der Waals surface area contributed by atoms with Gasteiger partial charge in [0.05, 0.1) is 18.4 Å². The molecule has 29 heavy (non-hydrogen) atoms. The molecule has 0 bridgehead atoms. The summed E-state index contributed by atoms with van der Waals surface area (Å²) in [4.78, 5) is 12.4. The van der Waals surface area contributed by atoms with Crippen LogP contribution in [-0.4, -0.2) is 37.3 Å². The molecule has 0 aromatic heterocycles. The van der Waals surface area contributed by atoms with E-state index in [1.165, 1.54) is 27.2 Å². The van der Waals surface area contributed by atoms with Gasteiger partial charge in [0.15, 0.2) is 0 Å². The first-order chi connectivity index (χ1) is 13.6. The van der Waals surface area contributed by atoms with Gasteiger partial charge in [-0.2, -0.15) is 0 Å². The van der Waals surface area contributed by atoms with Crippen LogP contribution in [0.2, 0.25) is 0 Å². The molecule has 5 heteroatoms. The van der Waals surface area contributed by atoms with Crippen LogP contribution in [0.1, 0.15) is 28.7 Å². The number of aryl methyl sites for hydroxylation is 2. The van der Waals surface area contributed by atoms with Crippen LogP contribution < -0.4 is 17.3 Å². The Morgan fingerprint density at radius 2 is 1.66 bits per heavy atom. The van der Waals surface area contributed by atoms with Crippen LogP contribution in [0.5, 0.6) is 0 Å². The standard InChI is InChI=1S/C24H27NO3.ClH/c1-18-8-3-5-11-21(18)23(22-12-6-4-9-19(22)2)17-28-15-14-25-13-7-10-20(16-25)24(26)27;/h3-6,8-12,17H,7,13-16H2,1-2H3,(H,26,27);1H. The van der Waals surface area contributed by atoms with E-state index >= 15 is 0 Å². The largest absolute Gasteiger partial charge is 1.00 e. The average Bonchev–Trinajstić information content (AvgIpc) is 2.70. The predicted molar refractivity (Wildman–Crippen MR) is 111 cm³/mol. The molecule has 0 saturated carbocycles. The molecule has 3 rings (SSSR count). The molecule has 0 fully saturated rings. The third-order valence-corrected chi connectivity index (χ3v) is 5.25. The number of nitrogens with one attached hydrogen (secondary N) is 1. The highest BCUT2D eigenvalue weighted by atomic mass is 35.5. The summed E-state index contributed by atoms with van der Waals surface area (Å²) in [5.41, 5.74) is 6.33. The van der Waals surface area contributed by atoms with Gasteiger partial charge in [0.25, 0.3) is 0 Å². The van der Waals surface area contributed by atoms with Gasteiger partial charge in [-0.25, -0.2) is 4.79 Å². The second kappa shape index (κ2) is 10.8. The molecular formula is C24H28ClNO3. The summed E-state index contributed by atoms with van der Waals surface area (Å²) in [7, 11) is 0. The van der Waals surface area contributed by atoms with Gasteiger partial charge in [0.2, 0.25) is 0 Å². The van der Waals surface area contributed by atoms with Gasteiger partial charge in [-0.15, -0.1) is 0 Å². The van der Waals surface area contributed by atoms with Crippen LogP contribution >= 0.6 is 0 Å². The van der Waals surface area contributed by atoms with E-state index in [9.17, 15) is 9.90 Å². The first kappa shape index (κ1) is 22.7. The second-order valence-electron chi connectivity index (χ2n) is 7.28. The summed E-state index contributed by atoms with van der Waals surface area (Å²) in [6.45, 7) is 7.08. The van der Waals surface area contributed by atoms with Crippen molar-refractivity contribution in [2.75, 3.05) is 26.2 Å². The molecule has 154 valence electrons. The number of quaternary nitrogens is 1. The van der Waals surface area contributed by atoms with Crippen LogP contribution in [0.25, 0.3) is 5.57 Å². The maximum Gasteiger partial charge on any atom is 0.336 e. The first-order valence-electron chi connectivity index (χ1n) is 9.76. The van der Waals surface area contributed by atoms with E-state index in [2.05, 4.69) is 38.1 Å². The van der Waals surface area contributed by atoms with E-state index in [0.717, 1.165) is 25.1 Å². The number of benzene rings is 2. The van der Waals surface area contributed by atoms with Crippen LogP contribution in [0.4, 0.5) is 0 Å². The van der Waals surface area contributed by atoms with Crippen molar-refractivity contribution in [2.45, 2.75) is 20.3 Å². The maximum atomic E-state index is 11.2. The van der Waals surface area contributed by atoms with E-state index in [0.29, 0.717) is 18.7 Å². The van der Waals surface area contributed by atoms with E-state index in [4.69, 9.17) is 4.74 Å². The van der Waals surface area contributed by atoms with Gasteiger partial charge in [0.1, 0.15) is 19.7 Å². The van der Waals surface area contributed by atoms with Crippen molar-refractivity contribution in [3.63, 3.8) is 0 Å². The highest BCUT2D eigenvalue weighted by molar-refractivity contribution is 5.86. The molecule has 0 radical (unpaired) electrons. The lowest BCUT2D eigenvalue weighted by Gasteiger charge is -2.22. The van der Waals surface area contributed by atoms with Crippen LogP contribution in [0.3, 0.4) is 0 Å². The van der Waals surface area contributed by atoms with Crippen molar-refractivity contribution in [1.82, 2.24) is 0 Å². The molecule has 2 aromatic carbocycles. The summed E-state index contributed by atoms with van der Waals surface area (Å²) in [5.74, 6) is -0.806. The Labute approximate surface area is 178 Å². The van der Waals surface area contributed by atoms with Crippen molar-refractivity contribution in [3.8, 4) is 0 Å². The van der Waals surface area contributed by atoms with Crippen molar-refractivity contribution < 1.29 is 31.9 Å². The topological polar surface area (TPSA) is 51.0 Å². The Hall–Kier alpha value is -2.56. The second-order valence-corrected chi connectivity index (χ2v) is 7.28. The SMILES string of the molecule is Cc1ccccc1C(=COCC[NH+]1CCC=C(C(=O)O)C1)c1ccccc1C.[Cl-]. The minimum atomic E-state index is -0.806. The van der Waals surface area contributed by atoms with Gasteiger partial charge < -0.3 is 27.2 Å². The normalized spacial score (nSPS) is 15.7. The third-order valence-electron chi connectivity index (χ3n) is 5.25. The Bertz CT molecular complexity index is 857. The zero-order valence-electron chi connectivity index (χ0n) is 17.0. The number of halogens is 1. The zero-order chi connectivity index (χ0) is 19.9. The molecule has 0 spiro atoms. The Morgan fingerprint density at radius 1 is 1.07 bits per heavy atom. The number of carboxylic acid groups (broad SMARTS) is 1. The van der Waals surface area contributed by atoms with Crippen LogP contribution in [0, 0.1) is 13.8 Å². The van der Waals surface area contributed by atoms with E-state index in [1.807, 2.05) is 36.6 Å². The predicted octanol–water partition coefficient (Wildman–Crippen LogP) is 0.0128. The molecule has 2 N–H and O–H groups in total. The van der Waals surface area contributed by atoms with E-state index in [1.54, 1.807) is 0 Å². The molecule has 1 aliphatic rings. The van der Waals surface area contributed by atoms with Gasteiger partial charge in [-0.3, -0.25) is 0 Å². The van der Waals surface area contributed by atoms with Gasteiger partial charge in [0, 0.05) is 12.0 Å². The van der Waals surface area contributed by atoms with Crippen molar-refractivity contribution in [1.29, 1.82) is 0 Å². The minimum absolute atomic E-state index is 0. The first-order valence-corrected chi connectivity index (χ1v) is 9.76. The number of hydrogen-bond acceptors (Lipinski definition) is 2. The number of aliphatic carboxylic acids is 1. The van der Waals surface area contributed by atoms with Crippen LogP contribution in [0.15, 0.2) is 66.4 Å². The van der Waals surface area contributed by atoms with Gasteiger partial charge >= 0.3 is 5.97 Å².